The van der Waals surface area contributed by atoms with Crippen LogP contribution in [0.4, 0.5) is 0 Å². The monoisotopic (exact) mass is 372 g/mol. The Morgan fingerprint density at radius 3 is 2.81 bits per heavy atom. The van der Waals surface area contributed by atoms with Crippen molar-refractivity contribution >= 4 is 17.7 Å². The molecule has 0 atom stereocenters. The molecule has 2 aromatic rings. The zero-order valence-electron chi connectivity index (χ0n) is 15.4. The molecular weight excluding hydrogens is 348 g/mol. The second-order valence-electron chi connectivity index (χ2n) is 7.47. The van der Waals surface area contributed by atoms with Gasteiger partial charge in [0.25, 0.3) is 0 Å². The molecule has 7 heteroatoms. The normalized spacial score (nSPS) is 13.5. The summed E-state index contributed by atoms with van der Waals surface area (Å²) >= 11 is 1.35. The van der Waals surface area contributed by atoms with Gasteiger partial charge in [-0.3, -0.25) is 14.3 Å². The lowest BCUT2D eigenvalue weighted by atomic mass is 10.1. The molecule has 1 amide bonds. The van der Waals surface area contributed by atoms with Crippen molar-refractivity contribution in [2.75, 3.05) is 5.75 Å². The predicted octanol–water partition coefficient (Wildman–Crippen LogP) is 2.18. The van der Waals surface area contributed by atoms with Crippen LogP contribution in [0.1, 0.15) is 44.1 Å². The lowest BCUT2D eigenvalue weighted by Gasteiger charge is -2.20. The molecule has 0 saturated heterocycles. The average molecular weight is 372 g/mol. The highest BCUT2D eigenvalue weighted by Gasteiger charge is 2.23. The molecule has 0 radical (unpaired) electrons. The van der Waals surface area contributed by atoms with Gasteiger partial charge >= 0.3 is 5.69 Å². The Morgan fingerprint density at radius 1 is 1.31 bits per heavy atom. The zero-order chi connectivity index (χ0) is 18.7. The van der Waals surface area contributed by atoms with Crippen molar-refractivity contribution in [3.63, 3.8) is 0 Å². The second kappa shape index (κ2) is 7.61. The Morgan fingerprint density at radius 2 is 2.12 bits per heavy atom. The fourth-order valence-corrected chi connectivity index (χ4v) is 3.99. The number of fused-ring (bicyclic) bond motifs is 1. The highest BCUT2D eigenvalue weighted by Crippen LogP contribution is 2.29. The van der Waals surface area contributed by atoms with Crippen molar-refractivity contribution < 1.29 is 4.79 Å². The van der Waals surface area contributed by atoms with Gasteiger partial charge in [-0.1, -0.05) is 17.8 Å². The van der Waals surface area contributed by atoms with E-state index in [-0.39, 0.29) is 22.9 Å². The second-order valence-corrected chi connectivity index (χ2v) is 8.44. The summed E-state index contributed by atoms with van der Waals surface area (Å²) in [5.41, 5.74) is 2.45. The molecule has 0 aliphatic heterocycles. The van der Waals surface area contributed by atoms with Gasteiger partial charge in [-0.25, -0.2) is 4.79 Å². The van der Waals surface area contributed by atoms with Crippen LogP contribution >= 0.6 is 11.8 Å². The largest absolute Gasteiger partial charge is 0.351 e. The van der Waals surface area contributed by atoms with E-state index in [0.29, 0.717) is 11.6 Å². The van der Waals surface area contributed by atoms with Crippen molar-refractivity contribution in [3.05, 3.63) is 51.8 Å². The van der Waals surface area contributed by atoms with E-state index in [1.165, 1.54) is 11.8 Å². The average Bonchev–Trinajstić information content (AvgIpc) is 3.05. The number of carbonyl (C=O) groups excluding carboxylic acids is 1. The van der Waals surface area contributed by atoms with Crippen molar-refractivity contribution in [1.82, 2.24) is 19.9 Å². The minimum Gasteiger partial charge on any atom is -0.351 e. The van der Waals surface area contributed by atoms with Crippen molar-refractivity contribution in [2.45, 2.75) is 57.1 Å². The number of thioether (sulfide) groups is 1. The van der Waals surface area contributed by atoms with Gasteiger partial charge in [0.2, 0.25) is 5.91 Å². The maximum Gasteiger partial charge on any atom is 0.349 e. The first kappa shape index (κ1) is 18.6. The summed E-state index contributed by atoms with van der Waals surface area (Å²) in [7, 11) is 0. The van der Waals surface area contributed by atoms with Gasteiger partial charge < -0.3 is 5.32 Å². The number of hydrogen-bond acceptors (Lipinski definition) is 5. The summed E-state index contributed by atoms with van der Waals surface area (Å²) in [4.78, 5) is 33.2. The quantitative estimate of drug-likeness (QED) is 0.643. The fourth-order valence-electron chi connectivity index (χ4n) is 3.11. The van der Waals surface area contributed by atoms with Crippen LogP contribution < -0.4 is 11.0 Å². The first-order valence-electron chi connectivity index (χ1n) is 8.80. The third kappa shape index (κ3) is 4.52. The predicted molar refractivity (Wildman–Crippen MR) is 102 cm³/mol. The first-order chi connectivity index (χ1) is 12.3. The van der Waals surface area contributed by atoms with Crippen LogP contribution in [-0.2, 0) is 24.2 Å². The van der Waals surface area contributed by atoms with E-state index in [1.54, 1.807) is 10.8 Å². The Hall–Kier alpha value is -2.15. The lowest BCUT2D eigenvalue weighted by molar-refractivity contribution is -0.119. The zero-order valence-corrected chi connectivity index (χ0v) is 16.2. The van der Waals surface area contributed by atoms with E-state index >= 15 is 0 Å². The van der Waals surface area contributed by atoms with Crippen LogP contribution in [0.25, 0.3) is 0 Å². The smallest absolute Gasteiger partial charge is 0.349 e. The molecule has 1 N–H and O–H groups in total. The van der Waals surface area contributed by atoms with E-state index < -0.39 is 0 Å². The molecule has 0 bridgehead atoms. The van der Waals surface area contributed by atoms with Crippen LogP contribution in [0, 0.1) is 0 Å². The summed E-state index contributed by atoms with van der Waals surface area (Å²) in [6.45, 7) is 6.28. The summed E-state index contributed by atoms with van der Waals surface area (Å²) in [5, 5.41) is 3.63. The van der Waals surface area contributed by atoms with Crippen LogP contribution in [-0.4, -0.2) is 31.7 Å². The third-order valence-electron chi connectivity index (χ3n) is 4.10. The van der Waals surface area contributed by atoms with Gasteiger partial charge in [-0.05, 0) is 52.2 Å². The molecule has 0 spiro atoms. The molecule has 3 rings (SSSR count). The fraction of sp³-hybridized carbons (Fsp3) is 0.474. The topological polar surface area (TPSA) is 76.9 Å². The maximum absolute atomic E-state index is 12.6. The number of aromatic nitrogens is 3. The van der Waals surface area contributed by atoms with Gasteiger partial charge in [-0.2, -0.15) is 4.98 Å². The number of rotatable bonds is 5. The number of nitrogens with one attached hydrogen (secondary N) is 1. The number of nitrogens with zero attached hydrogens (tertiary/aromatic N) is 3. The summed E-state index contributed by atoms with van der Waals surface area (Å²) in [5.74, 6) is 0.217. The standard InChI is InChI=1S/C19H24N4O2S/c1-19(2,3)22-16(24)12-26-17-14-8-6-9-15(14)23(18(25)21-17)11-13-7-4-5-10-20-13/h4-5,7,10H,6,8-9,11-12H2,1-3H3,(H,22,24). The molecule has 1 aliphatic carbocycles. The van der Waals surface area contributed by atoms with Gasteiger partial charge in [0, 0.05) is 23.0 Å². The minimum absolute atomic E-state index is 0.0475. The van der Waals surface area contributed by atoms with Crippen molar-refractivity contribution in [1.29, 1.82) is 0 Å². The van der Waals surface area contributed by atoms with Crippen LogP contribution in [0.5, 0.6) is 0 Å². The maximum atomic E-state index is 12.6. The lowest BCUT2D eigenvalue weighted by Crippen LogP contribution is -2.41. The Bertz CT molecular complexity index is 856. The summed E-state index contributed by atoms with van der Waals surface area (Å²) in [6.07, 6.45) is 4.49. The molecule has 0 unspecified atom stereocenters. The van der Waals surface area contributed by atoms with Gasteiger partial charge in [0.05, 0.1) is 18.0 Å². The van der Waals surface area contributed by atoms with Crippen molar-refractivity contribution in [2.24, 2.45) is 0 Å². The highest BCUT2D eigenvalue weighted by molar-refractivity contribution is 7.99. The molecule has 0 saturated carbocycles. The van der Waals surface area contributed by atoms with Crippen LogP contribution in [0.15, 0.2) is 34.2 Å². The Balaban J connectivity index is 1.81. The molecule has 26 heavy (non-hydrogen) atoms. The van der Waals surface area contributed by atoms with Crippen molar-refractivity contribution in [3.8, 4) is 0 Å². The molecule has 1 aliphatic rings. The van der Waals surface area contributed by atoms with E-state index in [9.17, 15) is 9.59 Å². The van der Waals surface area contributed by atoms with E-state index in [4.69, 9.17) is 0 Å². The number of amides is 1. The highest BCUT2D eigenvalue weighted by atomic mass is 32.2. The van der Waals surface area contributed by atoms with Crippen LogP contribution in [0.2, 0.25) is 0 Å². The Labute approximate surface area is 157 Å². The van der Waals surface area contributed by atoms with Gasteiger partial charge in [0.15, 0.2) is 0 Å². The molecule has 2 aromatic heterocycles. The summed E-state index contributed by atoms with van der Waals surface area (Å²) < 4.78 is 1.73. The van der Waals surface area contributed by atoms with Crippen LogP contribution in [0.3, 0.4) is 0 Å². The van der Waals surface area contributed by atoms with E-state index in [1.807, 2.05) is 39.0 Å². The number of carbonyl (C=O) groups is 1. The first-order valence-corrected chi connectivity index (χ1v) is 9.78. The molecular formula is C19H24N4O2S. The third-order valence-corrected chi connectivity index (χ3v) is 5.12. The van der Waals surface area contributed by atoms with E-state index in [2.05, 4.69) is 15.3 Å². The SMILES string of the molecule is CC(C)(C)NC(=O)CSc1nc(=O)n(Cc2ccccn2)c2c1CCC2. The van der Waals surface area contributed by atoms with E-state index in [0.717, 1.165) is 36.2 Å². The molecule has 6 nitrogen and oxygen atoms in total. The van der Waals surface area contributed by atoms with Gasteiger partial charge in [-0.15, -0.1) is 0 Å². The molecule has 2 heterocycles. The number of hydrogen-bond donors (Lipinski definition) is 1. The molecule has 0 aromatic carbocycles. The Kier molecular flexibility index (Phi) is 5.46. The van der Waals surface area contributed by atoms with Gasteiger partial charge in [0.1, 0.15) is 5.03 Å². The number of pyridine rings is 1. The minimum atomic E-state index is -0.268. The molecule has 0 fully saturated rings. The summed E-state index contributed by atoms with van der Waals surface area (Å²) in [6, 6.07) is 5.68. The molecule has 138 valence electrons.